The van der Waals surface area contributed by atoms with E-state index in [9.17, 15) is 29.7 Å². The van der Waals surface area contributed by atoms with Crippen molar-refractivity contribution in [2.24, 2.45) is 0 Å². The summed E-state index contributed by atoms with van der Waals surface area (Å²) in [6.45, 7) is 0.244. The van der Waals surface area contributed by atoms with Gasteiger partial charge in [-0.05, 0) is 47.0 Å². The molecular formula is C35H34N4O8. The Balaban J connectivity index is 1.17. The summed E-state index contributed by atoms with van der Waals surface area (Å²) in [7, 11) is 1.51. The topological polar surface area (TPSA) is 182 Å². The molecule has 2 atom stereocenters. The Bertz CT molecular complexity index is 1930. The molecule has 47 heavy (non-hydrogen) atoms. The molecule has 2 amide bonds. The van der Waals surface area contributed by atoms with Crippen LogP contribution in [-0.4, -0.2) is 52.6 Å². The summed E-state index contributed by atoms with van der Waals surface area (Å²) in [4.78, 5) is 38.5. The van der Waals surface area contributed by atoms with E-state index in [0.29, 0.717) is 40.2 Å². The number of nitrogens with one attached hydrogen (secondary N) is 4. The first-order valence-electron chi connectivity index (χ1n) is 14.7. The molecule has 0 aliphatic rings. The third kappa shape index (κ3) is 8.25. The number of aliphatic hydroxyl groups excluding tert-OH is 1. The molecule has 242 valence electrons. The number of rotatable bonds is 13. The predicted octanol–water partition coefficient (Wildman–Crippen LogP) is 4.44. The van der Waals surface area contributed by atoms with Gasteiger partial charge in [0.15, 0.2) is 6.61 Å². The molecule has 1 aromatic heterocycles. The second-order valence-corrected chi connectivity index (χ2v) is 10.7. The molecule has 0 aliphatic heterocycles. The minimum atomic E-state index is -1.17. The van der Waals surface area contributed by atoms with Crippen LogP contribution in [0.1, 0.15) is 34.4 Å². The van der Waals surface area contributed by atoms with Crippen LogP contribution in [0.15, 0.2) is 102 Å². The molecular weight excluding hydrogens is 604 g/mol. The number of anilines is 1. The number of H-pyrrole nitrogens is 1. The number of aromatic hydroxyl groups is 1. The first-order chi connectivity index (χ1) is 22.7. The lowest BCUT2D eigenvalue weighted by atomic mass is 9.99. The second-order valence-electron chi connectivity index (χ2n) is 10.7. The largest absolute Gasteiger partial charge is 0.506 e. The number of amides is 2. The van der Waals surface area contributed by atoms with Gasteiger partial charge in [0.25, 0.3) is 5.91 Å². The smallest absolute Gasteiger partial charge is 0.405 e. The Hall–Kier alpha value is -5.85. The maximum Gasteiger partial charge on any atom is 0.405 e. The lowest BCUT2D eigenvalue weighted by Gasteiger charge is -2.19. The summed E-state index contributed by atoms with van der Waals surface area (Å²) in [5, 5.41) is 39.3. The molecule has 5 aromatic rings. The van der Waals surface area contributed by atoms with Crippen LogP contribution in [0.2, 0.25) is 0 Å². The van der Waals surface area contributed by atoms with Crippen LogP contribution in [-0.2, 0) is 11.3 Å². The number of aliphatic hydroxyl groups is 1. The van der Waals surface area contributed by atoms with Crippen molar-refractivity contribution >= 4 is 28.6 Å². The minimum absolute atomic E-state index is 0.0817. The molecule has 0 radical (unpaired) electrons. The number of carbonyl (C=O) groups is 2. The van der Waals surface area contributed by atoms with Crippen molar-refractivity contribution in [2.45, 2.75) is 18.7 Å². The zero-order valence-electron chi connectivity index (χ0n) is 25.4. The van der Waals surface area contributed by atoms with Crippen LogP contribution in [0.3, 0.4) is 0 Å². The van der Waals surface area contributed by atoms with Crippen molar-refractivity contribution in [3.05, 3.63) is 130 Å². The third-order valence-electron chi connectivity index (χ3n) is 7.45. The first kappa shape index (κ1) is 32.5. The maximum absolute atomic E-state index is 12.7. The number of carboxylic acid groups (broad SMARTS) is 1. The summed E-state index contributed by atoms with van der Waals surface area (Å²) < 4.78 is 11.2. The second kappa shape index (κ2) is 15.0. The number of hydrogen-bond donors (Lipinski definition) is 7. The number of aromatic nitrogens is 1. The summed E-state index contributed by atoms with van der Waals surface area (Å²) in [5.41, 5.74) is 3.15. The van der Waals surface area contributed by atoms with Gasteiger partial charge >= 0.3 is 6.09 Å². The molecule has 0 spiro atoms. The average molecular weight is 639 g/mol. The number of methoxy groups -OCH3 is 1. The number of pyridine rings is 1. The Morgan fingerprint density at radius 1 is 0.915 bits per heavy atom. The van der Waals surface area contributed by atoms with Crippen molar-refractivity contribution in [2.75, 3.05) is 25.6 Å². The minimum Gasteiger partial charge on any atom is -0.506 e. The zero-order chi connectivity index (χ0) is 33.3. The van der Waals surface area contributed by atoms with E-state index in [1.54, 1.807) is 54.6 Å². The molecule has 2 unspecified atom stereocenters. The normalized spacial score (nSPS) is 12.2. The number of benzene rings is 4. The molecule has 4 aromatic carbocycles. The average Bonchev–Trinajstić information content (AvgIpc) is 3.07. The van der Waals surface area contributed by atoms with E-state index in [-0.39, 0.29) is 30.0 Å². The lowest BCUT2D eigenvalue weighted by molar-refractivity contribution is -0.118. The van der Waals surface area contributed by atoms with Gasteiger partial charge in [-0.1, -0.05) is 54.6 Å². The highest BCUT2D eigenvalue weighted by molar-refractivity contribution is 5.92. The molecule has 0 fully saturated rings. The van der Waals surface area contributed by atoms with E-state index in [0.717, 1.165) is 11.1 Å². The summed E-state index contributed by atoms with van der Waals surface area (Å²) in [5.74, 6) is 0.434. The molecule has 7 N–H and O–H groups in total. The Labute approximate surface area is 269 Å². The Morgan fingerprint density at radius 3 is 2.47 bits per heavy atom. The van der Waals surface area contributed by atoms with Gasteiger partial charge in [-0.25, -0.2) is 4.79 Å². The van der Waals surface area contributed by atoms with Crippen molar-refractivity contribution in [1.29, 1.82) is 0 Å². The van der Waals surface area contributed by atoms with E-state index in [1.807, 2.05) is 30.3 Å². The highest BCUT2D eigenvalue weighted by Crippen LogP contribution is 2.29. The lowest BCUT2D eigenvalue weighted by Crippen LogP contribution is -2.27. The van der Waals surface area contributed by atoms with Gasteiger partial charge in [0.2, 0.25) is 5.56 Å². The molecule has 12 heteroatoms. The highest BCUT2D eigenvalue weighted by Gasteiger charge is 2.18. The Kier molecular flexibility index (Phi) is 10.4. The van der Waals surface area contributed by atoms with Gasteiger partial charge in [0.05, 0.1) is 24.8 Å². The van der Waals surface area contributed by atoms with E-state index in [4.69, 9.17) is 9.47 Å². The molecule has 0 aliphatic carbocycles. The first-order valence-corrected chi connectivity index (χ1v) is 14.7. The summed E-state index contributed by atoms with van der Waals surface area (Å²) in [6.07, 6.45) is -2.09. The van der Waals surface area contributed by atoms with Crippen LogP contribution < -0.4 is 31.0 Å². The van der Waals surface area contributed by atoms with Gasteiger partial charge < -0.3 is 45.7 Å². The molecule has 0 bridgehead atoms. The SMILES string of the molecule is COc1cc(NC(=O)COc2cccc(C(NC(=O)O)c3ccccc3)c2)ccc1CNCC(O)c1ccc(O)c2[nH]c(=O)ccc12. The van der Waals surface area contributed by atoms with Crippen molar-refractivity contribution in [3.63, 3.8) is 0 Å². The number of aromatic amines is 1. The fraction of sp³-hybridized carbons (Fsp3) is 0.171. The van der Waals surface area contributed by atoms with E-state index >= 15 is 0 Å². The van der Waals surface area contributed by atoms with E-state index < -0.39 is 24.1 Å². The standard InChI is InChI=1S/C35H34N4O8/c1-46-30-17-24(11-10-23(30)18-36-19-29(41)26-12-14-28(40)34-27(26)13-15-31(42)38-34)37-32(43)20-47-25-9-5-8-22(16-25)33(39-35(44)45)21-6-3-2-4-7-21/h2-17,29,33,36,39-41H,18-20H2,1H3,(H,37,43)(H,38,42)(H,44,45). The molecule has 0 saturated heterocycles. The number of ether oxygens (including phenoxy) is 2. The number of phenols is 1. The maximum atomic E-state index is 12.7. The fourth-order valence-corrected chi connectivity index (χ4v) is 5.23. The summed E-state index contributed by atoms with van der Waals surface area (Å²) in [6, 6.07) is 26.5. The van der Waals surface area contributed by atoms with Crippen LogP contribution in [0.4, 0.5) is 10.5 Å². The predicted molar refractivity (Wildman–Crippen MR) is 176 cm³/mol. The summed E-state index contributed by atoms with van der Waals surface area (Å²) >= 11 is 0. The highest BCUT2D eigenvalue weighted by atomic mass is 16.5. The zero-order valence-corrected chi connectivity index (χ0v) is 25.4. The van der Waals surface area contributed by atoms with E-state index in [1.165, 1.54) is 19.2 Å². The van der Waals surface area contributed by atoms with Gasteiger partial charge in [-0.15, -0.1) is 0 Å². The van der Waals surface area contributed by atoms with Crippen LogP contribution in [0, 0.1) is 0 Å². The molecule has 12 nitrogen and oxygen atoms in total. The number of carbonyl (C=O) groups excluding carboxylic acids is 1. The van der Waals surface area contributed by atoms with Crippen LogP contribution in [0.25, 0.3) is 10.9 Å². The van der Waals surface area contributed by atoms with Crippen LogP contribution in [0.5, 0.6) is 17.2 Å². The van der Waals surface area contributed by atoms with Gasteiger partial charge in [-0.3, -0.25) is 9.59 Å². The van der Waals surface area contributed by atoms with Gasteiger partial charge in [-0.2, -0.15) is 0 Å². The van der Waals surface area contributed by atoms with Gasteiger partial charge in [0.1, 0.15) is 17.2 Å². The van der Waals surface area contributed by atoms with Crippen LogP contribution >= 0.6 is 0 Å². The number of phenolic OH excluding ortho intramolecular Hbond substituents is 1. The molecule has 0 saturated carbocycles. The number of fused-ring (bicyclic) bond motifs is 1. The van der Waals surface area contributed by atoms with Crippen molar-refractivity contribution in [3.8, 4) is 17.2 Å². The van der Waals surface area contributed by atoms with Crippen molar-refractivity contribution < 1.29 is 34.4 Å². The quantitative estimate of drug-likeness (QED) is 0.0981. The Morgan fingerprint density at radius 2 is 1.70 bits per heavy atom. The number of hydrogen-bond acceptors (Lipinski definition) is 8. The van der Waals surface area contributed by atoms with Gasteiger partial charge in [0, 0.05) is 41.9 Å². The monoisotopic (exact) mass is 638 g/mol. The van der Waals surface area contributed by atoms with E-state index in [2.05, 4.69) is 20.9 Å². The third-order valence-corrected chi connectivity index (χ3v) is 7.45. The van der Waals surface area contributed by atoms with Crippen molar-refractivity contribution in [1.82, 2.24) is 15.6 Å². The molecule has 5 rings (SSSR count). The molecule has 1 heterocycles. The fourth-order valence-electron chi connectivity index (χ4n) is 5.23.